The zero-order valence-corrected chi connectivity index (χ0v) is 16.3. The molecule has 6 heteroatoms. The van der Waals surface area contributed by atoms with Crippen LogP contribution in [0, 0.1) is 0 Å². The number of halogens is 1. The van der Waals surface area contributed by atoms with E-state index in [-0.39, 0.29) is 18.2 Å². The van der Waals surface area contributed by atoms with Gasteiger partial charge in [-0.05, 0) is 25.5 Å². The molecule has 2 aromatic rings. The van der Waals surface area contributed by atoms with E-state index in [4.69, 9.17) is 16.4 Å². The van der Waals surface area contributed by atoms with E-state index in [1.807, 2.05) is 68.4 Å². The van der Waals surface area contributed by atoms with Crippen molar-refractivity contribution in [1.82, 2.24) is 10.2 Å². The second-order valence-electron chi connectivity index (χ2n) is 6.92. The summed E-state index contributed by atoms with van der Waals surface area (Å²) in [6.45, 7) is 4.86. The minimum atomic E-state index is -0.196. The number of amides is 2. The van der Waals surface area contributed by atoms with Gasteiger partial charge >= 0.3 is 6.03 Å². The highest BCUT2D eigenvalue weighted by Gasteiger charge is 2.27. The van der Waals surface area contributed by atoms with E-state index in [1.54, 1.807) is 4.90 Å². The van der Waals surface area contributed by atoms with Crippen molar-refractivity contribution in [3.63, 3.8) is 0 Å². The van der Waals surface area contributed by atoms with Crippen LogP contribution in [-0.2, 0) is 11.4 Å². The van der Waals surface area contributed by atoms with E-state index >= 15 is 0 Å². The lowest BCUT2D eigenvalue weighted by Crippen LogP contribution is -2.45. The van der Waals surface area contributed by atoms with Crippen molar-refractivity contribution in [2.45, 2.75) is 39.0 Å². The van der Waals surface area contributed by atoms with Crippen LogP contribution in [0.4, 0.5) is 4.79 Å². The molecule has 0 fully saturated rings. The summed E-state index contributed by atoms with van der Waals surface area (Å²) in [5, 5.41) is 7.82. The van der Waals surface area contributed by atoms with Crippen molar-refractivity contribution >= 4 is 23.3 Å². The van der Waals surface area contributed by atoms with Crippen LogP contribution in [-0.4, -0.2) is 35.3 Å². The average Bonchev–Trinajstić information content (AvgIpc) is 3.10. The predicted molar refractivity (Wildman–Crippen MR) is 108 cm³/mol. The van der Waals surface area contributed by atoms with Gasteiger partial charge in [-0.15, -0.1) is 0 Å². The highest BCUT2D eigenvalue weighted by Crippen LogP contribution is 2.23. The quantitative estimate of drug-likeness (QED) is 0.798. The number of urea groups is 1. The van der Waals surface area contributed by atoms with Gasteiger partial charge in [-0.2, -0.15) is 0 Å². The van der Waals surface area contributed by atoms with Gasteiger partial charge < -0.3 is 15.1 Å². The first-order valence-corrected chi connectivity index (χ1v) is 9.47. The van der Waals surface area contributed by atoms with Crippen molar-refractivity contribution < 1.29 is 9.63 Å². The Morgan fingerprint density at radius 1 is 1.22 bits per heavy atom. The lowest BCUT2D eigenvalue weighted by atomic mass is 10.0. The largest absolute Gasteiger partial charge is 0.390 e. The number of hydrogen-bond donors (Lipinski definition) is 1. The van der Waals surface area contributed by atoms with E-state index in [0.29, 0.717) is 24.5 Å². The van der Waals surface area contributed by atoms with E-state index in [9.17, 15) is 4.79 Å². The smallest absolute Gasteiger partial charge is 0.318 e. The van der Waals surface area contributed by atoms with Gasteiger partial charge in [0.2, 0.25) is 0 Å². The minimum Gasteiger partial charge on any atom is -0.390 e. The molecule has 3 rings (SSSR count). The zero-order chi connectivity index (χ0) is 19.2. The molecule has 2 aromatic carbocycles. The molecule has 0 saturated carbocycles. The zero-order valence-electron chi connectivity index (χ0n) is 15.6. The Kier molecular flexibility index (Phi) is 6.35. The minimum absolute atomic E-state index is 0.0650. The Bertz CT molecular complexity index is 808. The Morgan fingerprint density at radius 3 is 2.63 bits per heavy atom. The van der Waals surface area contributed by atoms with Gasteiger partial charge in [-0.3, -0.25) is 0 Å². The van der Waals surface area contributed by atoms with Crippen LogP contribution in [0.3, 0.4) is 0 Å². The standard InChI is InChI=1S/C21H24ClN3O2/c1-15(2)23-21(26)25(13-16-8-4-3-5-9-16)14-17-12-20(24-27-17)18-10-6-7-11-19(18)22/h3-11,15,17H,12-14H2,1-2H3,(H,23,26)/t17-/m1/s1. The lowest BCUT2D eigenvalue weighted by Gasteiger charge is -2.26. The summed E-state index contributed by atoms with van der Waals surface area (Å²) in [6, 6.07) is 17.5. The van der Waals surface area contributed by atoms with Crippen molar-refractivity contribution in [3.05, 3.63) is 70.7 Å². The molecule has 0 radical (unpaired) electrons. The summed E-state index contributed by atoms with van der Waals surface area (Å²) in [4.78, 5) is 20.0. The number of benzene rings is 2. The molecule has 0 bridgehead atoms. The van der Waals surface area contributed by atoms with E-state index < -0.39 is 0 Å². The van der Waals surface area contributed by atoms with Gasteiger partial charge in [0.25, 0.3) is 0 Å². The molecule has 1 aliphatic heterocycles. The van der Waals surface area contributed by atoms with Crippen molar-refractivity contribution in [2.24, 2.45) is 5.16 Å². The molecule has 5 nitrogen and oxygen atoms in total. The number of carbonyl (C=O) groups excluding carboxylic acids is 1. The molecule has 0 aliphatic carbocycles. The van der Waals surface area contributed by atoms with Crippen LogP contribution < -0.4 is 5.32 Å². The summed E-state index contributed by atoms with van der Waals surface area (Å²) < 4.78 is 0. The maximum atomic E-state index is 12.7. The fourth-order valence-electron chi connectivity index (χ4n) is 2.99. The molecule has 0 saturated heterocycles. The van der Waals surface area contributed by atoms with Crippen LogP contribution in [0.1, 0.15) is 31.4 Å². The van der Waals surface area contributed by atoms with Crippen molar-refractivity contribution in [3.8, 4) is 0 Å². The Hall–Kier alpha value is -2.53. The van der Waals surface area contributed by atoms with Crippen LogP contribution in [0.25, 0.3) is 0 Å². The molecule has 1 N–H and O–H groups in total. The van der Waals surface area contributed by atoms with Gasteiger partial charge in [0.15, 0.2) is 6.10 Å². The third-order valence-electron chi connectivity index (χ3n) is 4.26. The van der Waals surface area contributed by atoms with E-state index in [0.717, 1.165) is 16.8 Å². The average molecular weight is 386 g/mol. The van der Waals surface area contributed by atoms with Gasteiger partial charge in [0.1, 0.15) is 0 Å². The summed E-state index contributed by atoms with van der Waals surface area (Å²) in [6.07, 6.45) is 0.419. The number of carbonyl (C=O) groups is 1. The van der Waals surface area contributed by atoms with Crippen LogP contribution >= 0.6 is 11.6 Å². The second kappa shape index (κ2) is 8.91. The molecule has 142 valence electrons. The second-order valence-corrected chi connectivity index (χ2v) is 7.33. The normalized spacial score (nSPS) is 16.0. The van der Waals surface area contributed by atoms with Gasteiger partial charge in [0, 0.05) is 29.6 Å². The summed E-state index contributed by atoms with van der Waals surface area (Å²) in [5.74, 6) is 0. The highest BCUT2D eigenvalue weighted by atomic mass is 35.5. The number of nitrogens with one attached hydrogen (secondary N) is 1. The molecular formula is C21H24ClN3O2. The summed E-state index contributed by atoms with van der Waals surface area (Å²) in [7, 11) is 0. The summed E-state index contributed by atoms with van der Waals surface area (Å²) >= 11 is 6.26. The van der Waals surface area contributed by atoms with Gasteiger partial charge in [-0.1, -0.05) is 65.3 Å². The fraction of sp³-hybridized carbons (Fsp3) is 0.333. The Labute approximate surface area is 165 Å². The van der Waals surface area contributed by atoms with Crippen LogP contribution in [0.2, 0.25) is 5.02 Å². The number of rotatable bonds is 6. The first kappa shape index (κ1) is 19.2. The van der Waals surface area contributed by atoms with Crippen LogP contribution in [0.15, 0.2) is 59.8 Å². The number of hydrogen-bond acceptors (Lipinski definition) is 3. The van der Waals surface area contributed by atoms with Crippen LogP contribution in [0.5, 0.6) is 0 Å². The fourth-order valence-corrected chi connectivity index (χ4v) is 3.23. The third-order valence-corrected chi connectivity index (χ3v) is 4.59. The molecule has 0 aromatic heterocycles. The topological polar surface area (TPSA) is 53.9 Å². The lowest BCUT2D eigenvalue weighted by molar-refractivity contribution is 0.0586. The molecule has 1 aliphatic rings. The third kappa shape index (κ3) is 5.23. The Balaban J connectivity index is 1.67. The molecule has 27 heavy (non-hydrogen) atoms. The monoisotopic (exact) mass is 385 g/mol. The summed E-state index contributed by atoms with van der Waals surface area (Å²) in [5.41, 5.74) is 2.76. The predicted octanol–water partition coefficient (Wildman–Crippen LogP) is 4.45. The van der Waals surface area contributed by atoms with E-state index in [1.165, 1.54) is 0 Å². The van der Waals surface area contributed by atoms with Crippen molar-refractivity contribution in [2.75, 3.05) is 6.54 Å². The molecular weight excluding hydrogens is 362 g/mol. The number of nitrogens with zero attached hydrogens (tertiary/aromatic N) is 2. The van der Waals surface area contributed by atoms with E-state index in [2.05, 4.69) is 10.5 Å². The molecule has 2 amide bonds. The molecule has 0 unspecified atom stereocenters. The molecule has 1 atom stereocenters. The SMILES string of the molecule is CC(C)NC(=O)N(Cc1ccccc1)C[C@H]1CC(c2ccccc2Cl)=NO1. The maximum absolute atomic E-state index is 12.7. The molecule has 1 heterocycles. The highest BCUT2D eigenvalue weighted by molar-refractivity contribution is 6.34. The maximum Gasteiger partial charge on any atom is 0.318 e. The number of oxime groups is 1. The van der Waals surface area contributed by atoms with Gasteiger partial charge in [0.05, 0.1) is 12.3 Å². The molecule has 0 spiro atoms. The first-order valence-electron chi connectivity index (χ1n) is 9.10. The Morgan fingerprint density at radius 2 is 1.93 bits per heavy atom. The van der Waals surface area contributed by atoms with Crippen molar-refractivity contribution in [1.29, 1.82) is 0 Å². The first-order chi connectivity index (χ1) is 13.0. The van der Waals surface area contributed by atoms with Gasteiger partial charge in [-0.25, -0.2) is 4.79 Å².